The summed E-state index contributed by atoms with van der Waals surface area (Å²) in [5, 5.41) is 9.44. The minimum atomic E-state index is -0.602. The Morgan fingerprint density at radius 1 is 1.07 bits per heavy atom. The van der Waals surface area contributed by atoms with Crippen LogP contribution in [0, 0.1) is 11.8 Å². The SMILES string of the molecule is C=CCN(CCCCC)C(=O)C1N(CCCCO)C(=O)[C@@H]2[C@H](C(=O)N(CC=C)Cc3ccccc3)[C@@H]3CCC12S3. The number of hydrogen-bond donors (Lipinski definition) is 1. The molecular weight excluding hydrogens is 522 g/mol. The molecule has 0 aliphatic carbocycles. The quantitative estimate of drug-likeness (QED) is 0.238. The third kappa shape index (κ3) is 5.89. The van der Waals surface area contributed by atoms with Gasteiger partial charge in [0.15, 0.2) is 0 Å². The highest BCUT2D eigenvalue weighted by molar-refractivity contribution is 8.02. The lowest BCUT2D eigenvalue weighted by Crippen LogP contribution is -2.55. The molecule has 1 spiro atoms. The third-order valence-corrected chi connectivity index (χ3v) is 10.6. The predicted octanol–water partition coefficient (Wildman–Crippen LogP) is 4.27. The van der Waals surface area contributed by atoms with Crippen LogP contribution in [0.4, 0.5) is 0 Å². The highest BCUT2D eigenvalue weighted by Gasteiger charge is 2.73. The van der Waals surface area contributed by atoms with Gasteiger partial charge in [0.1, 0.15) is 6.04 Å². The van der Waals surface area contributed by atoms with E-state index in [1.807, 2.05) is 40.1 Å². The Morgan fingerprint density at radius 2 is 1.80 bits per heavy atom. The molecule has 0 radical (unpaired) electrons. The van der Waals surface area contributed by atoms with Crippen LogP contribution in [0.2, 0.25) is 0 Å². The van der Waals surface area contributed by atoms with E-state index in [4.69, 9.17) is 0 Å². The van der Waals surface area contributed by atoms with E-state index < -0.39 is 22.6 Å². The molecule has 1 aromatic carbocycles. The van der Waals surface area contributed by atoms with E-state index in [2.05, 4.69) is 20.1 Å². The fraction of sp³-hybridized carbons (Fsp3) is 0.594. The number of aliphatic hydroxyl groups excluding tert-OH is 1. The maximum absolute atomic E-state index is 14.3. The van der Waals surface area contributed by atoms with Gasteiger partial charge in [0.2, 0.25) is 17.7 Å². The van der Waals surface area contributed by atoms with E-state index in [1.165, 1.54) is 0 Å². The lowest BCUT2D eigenvalue weighted by Gasteiger charge is -2.37. The summed E-state index contributed by atoms with van der Waals surface area (Å²) < 4.78 is -0.602. The van der Waals surface area contributed by atoms with Crippen LogP contribution in [0.1, 0.15) is 57.4 Å². The van der Waals surface area contributed by atoms with Crippen molar-refractivity contribution in [3.05, 3.63) is 61.2 Å². The van der Waals surface area contributed by atoms with Crippen LogP contribution in [-0.2, 0) is 20.9 Å². The number of aliphatic hydroxyl groups is 1. The van der Waals surface area contributed by atoms with Crippen molar-refractivity contribution in [2.75, 3.05) is 32.8 Å². The maximum Gasteiger partial charge on any atom is 0.247 e. The van der Waals surface area contributed by atoms with E-state index >= 15 is 0 Å². The maximum atomic E-state index is 14.3. The number of nitrogens with zero attached hydrogens (tertiary/aromatic N) is 3. The van der Waals surface area contributed by atoms with E-state index in [1.54, 1.807) is 28.8 Å². The Morgan fingerprint density at radius 3 is 2.48 bits per heavy atom. The van der Waals surface area contributed by atoms with Crippen LogP contribution in [0.15, 0.2) is 55.6 Å². The summed E-state index contributed by atoms with van der Waals surface area (Å²) >= 11 is 1.72. The number of thioether (sulfide) groups is 1. The normalized spacial score (nSPS) is 26.6. The Labute approximate surface area is 243 Å². The molecule has 3 heterocycles. The summed E-state index contributed by atoms with van der Waals surface area (Å²) in [4.78, 5) is 48.2. The zero-order valence-electron chi connectivity index (χ0n) is 23.9. The van der Waals surface area contributed by atoms with Crippen LogP contribution in [-0.4, -0.2) is 86.4 Å². The van der Waals surface area contributed by atoms with Crippen LogP contribution in [0.3, 0.4) is 0 Å². The van der Waals surface area contributed by atoms with E-state index in [9.17, 15) is 19.5 Å². The second kappa shape index (κ2) is 13.9. The highest BCUT2D eigenvalue weighted by atomic mass is 32.2. The van der Waals surface area contributed by atoms with Crippen molar-refractivity contribution >= 4 is 29.5 Å². The molecule has 0 aromatic heterocycles. The molecule has 40 heavy (non-hydrogen) atoms. The minimum Gasteiger partial charge on any atom is -0.396 e. The first-order chi connectivity index (χ1) is 19.4. The molecule has 1 N–H and O–H groups in total. The highest BCUT2D eigenvalue weighted by Crippen LogP contribution is 2.66. The number of likely N-dealkylation sites (tertiary alicyclic amines) is 1. The van der Waals surface area contributed by atoms with Gasteiger partial charge in [-0.15, -0.1) is 24.9 Å². The second-order valence-electron chi connectivity index (χ2n) is 11.3. The Bertz CT molecular complexity index is 1070. The predicted molar refractivity (Wildman–Crippen MR) is 161 cm³/mol. The number of amides is 3. The van der Waals surface area contributed by atoms with E-state index in [0.29, 0.717) is 45.6 Å². The van der Waals surface area contributed by atoms with Gasteiger partial charge in [0, 0.05) is 44.6 Å². The Kier molecular flexibility index (Phi) is 10.5. The fourth-order valence-corrected chi connectivity index (χ4v) is 9.13. The van der Waals surface area contributed by atoms with Gasteiger partial charge in [0.05, 0.1) is 16.6 Å². The molecule has 4 rings (SSSR count). The molecule has 3 fully saturated rings. The number of carbonyl (C=O) groups is 3. The summed E-state index contributed by atoms with van der Waals surface area (Å²) in [5.74, 6) is -1.09. The van der Waals surface area contributed by atoms with Gasteiger partial charge in [-0.3, -0.25) is 14.4 Å². The first-order valence-corrected chi connectivity index (χ1v) is 15.7. The van der Waals surface area contributed by atoms with Gasteiger partial charge in [-0.2, -0.15) is 0 Å². The average molecular weight is 568 g/mol. The molecule has 218 valence electrons. The van der Waals surface area contributed by atoms with Crippen LogP contribution in [0.25, 0.3) is 0 Å². The zero-order valence-corrected chi connectivity index (χ0v) is 24.7. The molecular formula is C32H45N3O4S. The summed E-state index contributed by atoms with van der Waals surface area (Å²) in [6.45, 7) is 12.3. The molecule has 3 aliphatic rings. The molecule has 0 saturated carbocycles. The van der Waals surface area contributed by atoms with Crippen LogP contribution < -0.4 is 0 Å². The lowest BCUT2D eigenvalue weighted by atomic mass is 9.70. The van der Waals surface area contributed by atoms with Crippen molar-refractivity contribution < 1.29 is 19.5 Å². The minimum absolute atomic E-state index is 0.0181. The van der Waals surface area contributed by atoms with Crippen LogP contribution in [0.5, 0.6) is 0 Å². The standard InChI is InChI=1S/C32H45N3O4S/c1-4-7-11-20-33(18-5-2)31(39)28-32-17-16-25(40-32)26(27(32)30(38)35(28)21-12-13-22-36)29(37)34(19-6-3)23-24-14-9-8-10-15-24/h5-6,8-10,14-15,25-28,36H,2-4,7,11-13,16-23H2,1H3/t25-,26+,27-,28?,32?/m0/s1. The molecule has 2 bridgehead atoms. The number of fused-ring (bicyclic) bond motifs is 1. The fourth-order valence-electron chi connectivity index (χ4n) is 6.92. The summed E-state index contributed by atoms with van der Waals surface area (Å²) in [7, 11) is 0. The van der Waals surface area contributed by atoms with Crippen LogP contribution >= 0.6 is 11.8 Å². The molecule has 3 saturated heterocycles. The van der Waals surface area contributed by atoms with Gasteiger partial charge in [-0.25, -0.2) is 0 Å². The summed E-state index contributed by atoms with van der Waals surface area (Å²) in [6.07, 6.45) is 9.27. The molecule has 7 nitrogen and oxygen atoms in total. The van der Waals surface area contributed by atoms with E-state index in [-0.39, 0.29) is 29.6 Å². The first kappa shape index (κ1) is 30.4. The van der Waals surface area contributed by atoms with Gasteiger partial charge < -0.3 is 19.8 Å². The first-order valence-electron chi connectivity index (χ1n) is 14.9. The molecule has 8 heteroatoms. The van der Waals surface area contributed by atoms with Crippen molar-refractivity contribution in [2.45, 2.75) is 74.5 Å². The number of hydrogen-bond acceptors (Lipinski definition) is 5. The smallest absolute Gasteiger partial charge is 0.247 e. The number of unbranched alkanes of at least 4 members (excludes halogenated alkanes) is 3. The van der Waals surface area contributed by atoms with E-state index in [0.717, 1.165) is 37.7 Å². The van der Waals surface area contributed by atoms with Crippen molar-refractivity contribution in [1.82, 2.24) is 14.7 Å². The third-order valence-electron chi connectivity index (χ3n) is 8.70. The lowest BCUT2D eigenvalue weighted by molar-refractivity contribution is -0.145. The van der Waals surface area contributed by atoms with Gasteiger partial charge >= 0.3 is 0 Å². The monoisotopic (exact) mass is 567 g/mol. The Balaban J connectivity index is 1.66. The molecule has 3 amide bonds. The number of benzene rings is 1. The summed E-state index contributed by atoms with van der Waals surface area (Å²) in [6, 6.07) is 9.30. The number of carbonyl (C=O) groups excluding carboxylic acids is 3. The topological polar surface area (TPSA) is 81.2 Å². The molecule has 1 aromatic rings. The molecule has 3 aliphatic heterocycles. The summed E-state index contributed by atoms with van der Waals surface area (Å²) in [5.41, 5.74) is 1.03. The van der Waals surface area contributed by atoms with Gasteiger partial charge in [-0.1, -0.05) is 62.2 Å². The zero-order chi connectivity index (χ0) is 28.7. The largest absolute Gasteiger partial charge is 0.396 e. The van der Waals surface area contributed by atoms with Crippen molar-refractivity contribution in [3.63, 3.8) is 0 Å². The van der Waals surface area contributed by atoms with Crippen molar-refractivity contribution in [2.24, 2.45) is 11.8 Å². The molecule has 5 atom stereocenters. The average Bonchev–Trinajstić information content (AvgIpc) is 3.60. The Hall–Kier alpha value is -2.58. The van der Waals surface area contributed by atoms with Gasteiger partial charge in [-0.05, 0) is 37.7 Å². The number of rotatable bonds is 16. The van der Waals surface area contributed by atoms with Gasteiger partial charge in [0.25, 0.3) is 0 Å². The van der Waals surface area contributed by atoms with Crippen molar-refractivity contribution in [1.29, 1.82) is 0 Å². The molecule has 2 unspecified atom stereocenters. The van der Waals surface area contributed by atoms with Crippen molar-refractivity contribution in [3.8, 4) is 0 Å². The second-order valence-corrected chi connectivity index (χ2v) is 12.9.